The van der Waals surface area contributed by atoms with Gasteiger partial charge in [0.15, 0.2) is 5.79 Å². The van der Waals surface area contributed by atoms with E-state index in [-0.39, 0.29) is 23.8 Å². The third-order valence-electron chi connectivity index (χ3n) is 5.45. The summed E-state index contributed by atoms with van der Waals surface area (Å²) in [5.41, 5.74) is 1.05. The van der Waals surface area contributed by atoms with Crippen LogP contribution in [0, 0.1) is 0 Å². The number of rotatable bonds is 6. The Kier molecular flexibility index (Phi) is 6.10. The first kappa shape index (κ1) is 18.4. The van der Waals surface area contributed by atoms with Crippen molar-refractivity contribution in [1.82, 2.24) is 10.2 Å². The van der Waals surface area contributed by atoms with Crippen molar-refractivity contribution in [3.8, 4) is 0 Å². The standard InChI is InChI=1S/C20H30N2O3/c1-3-22(4-2)18(16-8-6-5-7-9-16)19(23)21-17-10-12-20(13-11-17)24-14-15-25-20/h5-9,17-18H,3-4,10-15H2,1-2H3,(H,21,23). The molecule has 2 aliphatic rings. The Bertz CT molecular complexity index is 543. The first-order chi connectivity index (χ1) is 12.2. The molecule has 1 spiro atoms. The predicted molar refractivity (Wildman–Crippen MR) is 97.1 cm³/mol. The molecular formula is C20H30N2O3. The molecule has 0 radical (unpaired) electrons. The van der Waals surface area contributed by atoms with Gasteiger partial charge in [0.25, 0.3) is 0 Å². The summed E-state index contributed by atoms with van der Waals surface area (Å²) >= 11 is 0. The molecule has 138 valence electrons. The number of carbonyl (C=O) groups excluding carboxylic acids is 1. The first-order valence-corrected chi connectivity index (χ1v) is 9.54. The Morgan fingerprint density at radius 1 is 1.16 bits per heavy atom. The molecule has 1 aromatic rings. The number of hydrogen-bond donors (Lipinski definition) is 1. The van der Waals surface area contributed by atoms with Crippen molar-refractivity contribution in [2.24, 2.45) is 0 Å². The van der Waals surface area contributed by atoms with E-state index in [2.05, 4.69) is 24.1 Å². The molecule has 5 nitrogen and oxygen atoms in total. The van der Waals surface area contributed by atoms with E-state index in [9.17, 15) is 4.79 Å². The largest absolute Gasteiger partial charge is 0.352 e. The summed E-state index contributed by atoms with van der Waals surface area (Å²) in [5, 5.41) is 3.28. The van der Waals surface area contributed by atoms with Crippen LogP contribution in [-0.2, 0) is 14.3 Å². The van der Waals surface area contributed by atoms with E-state index in [1.54, 1.807) is 0 Å². The number of hydrogen-bond acceptors (Lipinski definition) is 4. The van der Waals surface area contributed by atoms with E-state index < -0.39 is 0 Å². The van der Waals surface area contributed by atoms with Crippen LogP contribution in [0.25, 0.3) is 0 Å². The van der Waals surface area contributed by atoms with Crippen LogP contribution >= 0.6 is 0 Å². The number of amides is 1. The van der Waals surface area contributed by atoms with Gasteiger partial charge in [0.05, 0.1) is 13.2 Å². The summed E-state index contributed by atoms with van der Waals surface area (Å²) in [6.45, 7) is 7.28. The number of nitrogens with zero attached hydrogens (tertiary/aromatic N) is 1. The fraction of sp³-hybridized carbons (Fsp3) is 0.650. The minimum absolute atomic E-state index is 0.101. The second kappa shape index (κ2) is 8.30. The van der Waals surface area contributed by atoms with Crippen LogP contribution in [0.3, 0.4) is 0 Å². The van der Waals surface area contributed by atoms with E-state index in [4.69, 9.17) is 9.47 Å². The molecule has 1 heterocycles. The smallest absolute Gasteiger partial charge is 0.242 e. The molecule has 1 atom stereocenters. The van der Waals surface area contributed by atoms with Crippen LogP contribution in [0.2, 0.25) is 0 Å². The molecule has 0 aromatic heterocycles. The normalized spacial score (nSPS) is 21.6. The molecule has 1 amide bonds. The maximum Gasteiger partial charge on any atom is 0.242 e. The zero-order chi connectivity index (χ0) is 17.7. The Hall–Kier alpha value is -1.43. The minimum Gasteiger partial charge on any atom is -0.352 e. The quantitative estimate of drug-likeness (QED) is 0.860. The molecule has 1 aliphatic carbocycles. The molecule has 1 saturated heterocycles. The SMILES string of the molecule is CCN(CC)C(C(=O)NC1CCC2(CC1)OCCO2)c1ccccc1. The highest BCUT2D eigenvalue weighted by molar-refractivity contribution is 5.83. The molecule has 1 aromatic carbocycles. The number of benzene rings is 1. The molecule has 1 N–H and O–H groups in total. The van der Waals surface area contributed by atoms with Crippen molar-refractivity contribution in [2.45, 2.75) is 57.4 Å². The molecule has 1 unspecified atom stereocenters. The topological polar surface area (TPSA) is 50.8 Å². The van der Waals surface area contributed by atoms with Crippen LogP contribution in [0.5, 0.6) is 0 Å². The van der Waals surface area contributed by atoms with Gasteiger partial charge in [0.1, 0.15) is 6.04 Å². The number of nitrogens with one attached hydrogen (secondary N) is 1. The summed E-state index contributed by atoms with van der Waals surface area (Å²) < 4.78 is 11.6. The van der Waals surface area contributed by atoms with Gasteiger partial charge in [-0.2, -0.15) is 0 Å². The first-order valence-electron chi connectivity index (χ1n) is 9.54. The van der Waals surface area contributed by atoms with E-state index in [0.717, 1.165) is 44.3 Å². The van der Waals surface area contributed by atoms with Gasteiger partial charge in [-0.1, -0.05) is 44.2 Å². The molecule has 5 heteroatoms. The lowest BCUT2D eigenvalue weighted by Crippen LogP contribution is -2.48. The van der Waals surface area contributed by atoms with Gasteiger partial charge in [-0.3, -0.25) is 9.69 Å². The second-order valence-corrected chi connectivity index (χ2v) is 6.92. The van der Waals surface area contributed by atoms with Crippen LogP contribution in [-0.4, -0.2) is 48.9 Å². The van der Waals surface area contributed by atoms with Gasteiger partial charge in [0.2, 0.25) is 5.91 Å². The van der Waals surface area contributed by atoms with Crippen molar-refractivity contribution in [3.05, 3.63) is 35.9 Å². The molecule has 1 aliphatic heterocycles. The number of ether oxygens (including phenoxy) is 2. The fourth-order valence-electron chi connectivity index (χ4n) is 4.02. The van der Waals surface area contributed by atoms with Gasteiger partial charge in [-0.05, 0) is 31.5 Å². The fourth-order valence-corrected chi connectivity index (χ4v) is 4.02. The van der Waals surface area contributed by atoms with Crippen LogP contribution in [0.15, 0.2) is 30.3 Å². The van der Waals surface area contributed by atoms with Crippen LogP contribution in [0.4, 0.5) is 0 Å². The molecule has 25 heavy (non-hydrogen) atoms. The highest BCUT2D eigenvalue weighted by Crippen LogP contribution is 2.36. The van der Waals surface area contributed by atoms with Gasteiger partial charge in [-0.15, -0.1) is 0 Å². The van der Waals surface area contributed by atoms with Crippen molar-refractivity contribution < 1.29 is 14.3 Å². The maximum atomic E-state index is 13.1. The van der Waals surface area contributed by atoms with Gasteiger partial charge < -0.3 is 14.8 Å². The monoisotopic (exact) mass is 346 g/mol. The molecule has 2 fully saturated rings. The average Bonchev–Trinajstić information content (AvgIpc) is 3.10. The second-order valence-electron chi connectivity index (χ2n) is 6.92. The van der Waals surface area contributed by atoms with E-state index in [1.807, 2.05) is 30.3 Å². The average molecular weight is 346 g/mol. The maximum absolute atomic E-state index is 13.1. The number of likely N-dealkylation sites (N-methyl/N-ethyl adjacent to an activating group) is 1. The lowest BCUT2D eigenvalue weighted by molar-refractivity contribution is -0.180. The zero-order valence-electron chi connectivity index (χ0n) is 15.4. The third-order valence-corrected chi connectivity index (χ3v) is 5.45. The van der Waals surface area contributed by atoms with E-state index in [0.29, 0.717) is 13.2 Å². The Morgan fingerprint density at radius 2 is 1.76 bits per heavy atom. The Labute approximate surface area is 150 Å². The van der Waals surface area contributed by atoms with Gasteiger partial charge in [-0.25, -0.2) is 0 Å². The lowest BCUT2D eigenvalue weighted by Gasteiger charge is -2.37. The Morgan fingerprint density at radius 3 is 2.32 bits per heavy atom. The highest BCUT2D eigenvalue weighted by atomic mass is 16.7. The Balaban J connectivity index is 1.64. The lowest BCUT2D eigenvalue weighted by atomic mass is 9.89. The third kappa shape index (κ3) is 4.22. The van der Waals surface area contributed by atoms with Crippen LogP contribution in [0.1, 0.15) is 51.1 Å². The van der Waals surface area contributed by atoms with E-state index in [1.165, 1.54) is 0 Å². The van der Waals surface area contributed by atoms with Crippen molar-refractivity contribution >= 4 is 5.91 Å². The van der Waals surface area contributed by atoms with Gasteiger partial charge in [0, 0.05) is 18.9 Å². The minimum atomic E-state index is -0.376. The predicted octanol–water partition coefficient (Wildman–Crippen LogP) is 2.87. The molecule has 3 rings (SSSR count). The summed E-state index contributed by atoms with van der Waals surface area (Å²) in [5.74, 6) is -0.275. The van der Waals surface area contributed by atoms with Crippen molar-refractivity contribution in [2.75, 3.05) is 26.3 Å². The van der Waals surface area contributed by atoms with Crippen molar-refractivity contribution in [1.29, 1.82) is 0 Å². The summed E-state index contributed by atoms with van der Waals surface area (Å²) in [6, 6.07) is 10.0. The van der Waals surface area contributed by atoms with Crippen LogP contribution < -0.4 is 5.32 Å². The zero-order valence-corrected chi connectivity index (χ0v) is 15.4. The van der Waals surface area contributed by atoms with E-state index >= 15 is 0 Å². The van der Waals surface area contributed by atoms with Gasteiger partial charge >= 0.3 is 0 Å². The molecular weight excluding hydrogens is 316 g/mol. The summed E-state index contributed by atoms with van der Waals surface area (Å²) in [7, 11) is 0. The summed E-state index contributed by atoms with van der Waals surface area (Å²) in [6.07, 6.45) is 3.54. The highest BCUT2D eigenvalue weighted by Gasteiger charge is 2.41. The molecule has 0 bridgehead atoms. The van der Waals surface area contributed by atoms with Crippen molar-refractivity contribution in [3.63, 3.8) is 0 Å². The number of carbonyl (C=O) groups is 1. The summed E-state index contributed by atoms with van der Waals surface area (Å²) in [4.78, 5) is 15.3. The molecule has 1 saturated carbocycles.